The molecule has 0 spiro atoms. The molecule has 2 aromatic carbocycles. The molecule has 0 aliphatic carbocycles. The summed E-state index contributed by atoms with van der Waals surface area (Å²) in [6, 6.07) is 12.3. The maximum atomic E-state index is 14.3. The maximum absolute atomic E-state index is 14.3. The first kappa shape index (κ1) is 23.7. The van der Waals surface area contributed by atoms with Gasteiger partial charge in [0.05, 0.1) is 23.1 Å². The van der Waals surface area contributed by atoms with Crippen molar-refractivity contribution in [1.82, 2.24) is 19.6 Å². The first-order chi connectivity index (χ1) is 17.2. The van der Waals surface area contributed by atoms with Crippen molar-refractivity contribution in [2.24, 2.45) is 11.7 Å². The van der Waals surface area contributed by atoms with E-state index in [2.05, 4.69) is 41.2 Å². The minimum atomic E-state index is -0.612. The third-order valence-corrected chi connectivity index (χ3v) is 6.59. The number of aromatic nitrogens is 4. The van der Waals surface area contributed by atoms with Gasteiger partial charge in [0, 0.05) is 36.6 Å². The topological polar surface area (TPSA) is 111 Å². The number of nitrogens with one attached hydrogen (secondary N) is 1. The average molecular weight is 490 g/mol. The van der Waals surface area contributed by atoms with Crippen LogP contribution in [0.4, 0.5) is 15.8 Å². The van der Waals surface area contributed by atoms with Crippen LogP contribution in [0, 0.1) is 11.7 Å². The predicted octanol–water partition coefficient (Wildman–Crippen LogP) is 3.34. The molecule has 2 atom stereocenters. The molecule has 10 heteroatoms. The van der Waals surface area contributed by atoms with Crippen LogP contribution < -0.4 is 21.5 Å². The number of fused-ring (bicyclic) bond motifs is 1. The van der Waals surface area contributed by atoms with Gasteiger partial charge in [-0.05, 0) is 50.1 Å². The van der Waals surface area contributed by atoms with Crippen LogP contribution in [0.1, 0.15) is 37.3 Å². The number of carbonyl (C=O) groups excluding carboxylic acids is 1. The highest BCUT2D eigenvalue weighted by Crippen LogP contribution is 2.38. The maximum Gasteiger partial charge on any atom is 0.276 e. The zero-order chi connectivity index (χ0) is 25.6. The molecule has 1 aliphatic rings. The van der Waals surface area contributed by atoms with E-state index in [0.29, 0.717) is 12.2 Å². The number of nitrogens with zero attached hydrogens (tertiary/aromatic N) is 5. The van der Waals surface area contributed by atoms with Crippen LogP contribution >= 0.6 is 0 Å². The summed E-state index contributed by atoms with van der Waals surface area (Å²) in [5, 5.41) is 12.6. The minimum absolute atomic E-state index is 0.00921. The molecule has 3 heterocycles. The molecule has 5 rings (SSSR count). The Bertz CT molecular complexity index is 1500. The van der Waals surface area contributed by atoms with E-state index in [-0.39, 0.29) is 29.4 Å². The number of carbonyl (C=O) groups is 1. The number of anilines is 2. The summed E-state index contributed by atoms with van der Waals surface area (Å²) in [4.78, 5) is 27.8. The Kier molecular flexibility index (Phi) is 6.05. The Hall–Kier alpha value is -4.05. The number of hydrogen-bond donors (Lipinski definition) is 2. The molecule has 9 nitrogen and oxygen atoms in total. The third kappa shape index (κ3) is 4.13. The predicted molar refractivity (Wildman–Crippen MR) is 137 cm³/mol. The second-order valence-corrected chi connectivity index (χ2v) is 9.50. The lowest BCUT2D eigenvalue weighted by molar-refractivity contribution is 0.102. The van der Waals surface area contributed by atoms with E-state index in [1.54, 1.807) is 6.07 Å². The Morgan fingerprint density at radius 2 is 1.92 bits per heavy atom. The van der Waals surface area contributed by atoms with Gasteiger partial charge >= 0.3 is 0 Å². The Balaban J connectivity index is 1.55. The van der Waals surface area contributed by atoms with Crippen LogP contribution in [0.3, 0.4) is 0 Å². The third-order valence-electron chi connectivity index (χ3n) is 6.59. The van der Waals surface area contributed by atoms with Gasteiger partial charge in [-0.25, -0.2) is 4.39 Å². The van der Waals surface area contributed by atoms with Gasteiger partial charge in [-0.15, -0.1) is 0 Å². The molecule has 3 N–H and O–H groups in total. The summed E-state index contributed by atoms with van der Waals surface area (Å²) in [5.41, 5.74) is 8.12. The van der Waals surface area contributed by atoms with Gasteiger partial charge in [0.15, 0.2) is 0 Å². The van der Waals surface area contributed by atoms with Crippen molar-refractivity contribution in [2.45, 2.75) is 32.9 Å². The quantitative estimate of drug-likeness (QED) is 0.445. The van der Waals surface area contributed by atoms with Crippen molar-refractivity contribution in [2.75, 3.05) is 23.3 Å². The molecule has 0 radical (unpaired) electrons. The number of halogens is 1. The summed E-state index contributed by atoms with van der Waals surface area (Å²) in [6.45, 7) is 7.62. The van der Waals surface area contributed by atoms with Gasteiger partial charge in [0.2, 0.25) is 0 Å². The zero-order valence-corrected chi connectivity index (χ0v) is 20.4. The number of benzene rings is 2. The Morgan fingerprint density at radius 1 is 1.14 bits per heavy atom. The van der Waals surface area contributed by atoms with E-state index in [4.69, 9.17) is 5.73 Å². The lowest BCUT2D eigenvalue weighted by atomic mass is 10.1. The lowest BCUT2D eigenvalue weighted by Gasteiger charge is -2.23. The molecule has 0 saturated carbocycles. The van der Waals surface area contributed by atoms with E-state index < -0.39 is 17.3 Å². The number of para-hydroxylation sites is 1. The van der Waals surface area contributed by atoms with Gasteiger partial charge in [-0.2, -0.15) is 14.9 Å². The largest absolute Gasteiger partial charge is 0.367 e. The first-order valence-electron chi connectivity index (χ1n) is 11.9. The van der Waals surface area contributed by atoms with Crippen molar-refractivity contribution < 1.29 is 9.18 Å². The second-order valence-electron chi connectivity index (χ2n) is 9.50. The smallest absolute Gasteiger partial charge is 0.276 e. The summed E-state index contributed by atoms with van der Waals surface area (Å²) in [7, 11) is 0. The fraction of sp³-hybridized carbons (Fsp3) is 0.308. The molecular formula is C26H28FN7O2. The minimum Gasteiger partial charge on any atom is -0.367 e. The number of rotatable bonds is 5. The number of amides is 1. The molecule has 1 amide bonds. The van der Waals surface area contributed by atoms with Crippen molar-refractivity contribution in [3.63, 3.8) is 0 Å². The lowest BCUT2D eigenvalue weighted by Crippen LogP contribution is -2.29. The molecule has 186 valence electrons. The Labute approximate surface area is 207 Å². The van der Waals surface area contributed by atoms with E-state index in [1.165, 1.54) is 30.3 Å². The molecule has 4 aromatic rings. The molecule has 0 bridgehead atoms. The van der Waals surface area contributed by atoms with Gasteiger partial charge in [0.1, 0.15) is 17.2 Å². The van der Waals surface area contributed by atoms with E-state index in [9.17, 15) is 14.0 Å². The van der Waals surface area contributed by atoms with Gasteiger partial charge in [-0.3, -0.25) is 14.3 Å². The monoisotopic (exact) mass is 489 g/mol. The van der Waals surface area contributed by atoms with E-state index in [0.717, 1.165) is 27.8 Å². The van der Waals surface area contributed by atoms with Gasteiger partial charge in [-0.1, -0.05) is 19.1 Å². The SMILES string of the molecule is CC(C)n1ncc2c(N3C[C@@H](C)[C@@H](N)C3)c(NC(=O)c3ccc(=O)n(-c4ccccc4F)n3)ccc21. The molecule has 1 fully saturated rings. The van der Waals surface area contributed by atoms with Crippen LogP contribution in [-0.2, 0) is 0 Å². The highest BCUT2D eigenvalue weighted by molar-refractivity contribution is 6.09. The zero-order valence-electron chi connectivity index (χ0n) is 20.4. The van der Waals surface area contributed by atoms with Crippen LogP contribution in [-0.4, -0.2) is 44.6 Å². The Morgan fingerprint density at radius 3 is 2.61 bits per heavy atom. The van der Waals surface area contributed by atoms with Crippen LogP contribution in [0.5, 0.6) is 0 Å². The molecule has 1 saturated heterocycles. The van der Waals surface area contributed by atoms with Gasteiger partial charge < -0.3 is 16.0 Å². The number of nitrogens with two attached hydrogens (primary N) is 1. The highest BCUT2D eigenvalue weighted by atomic mass is 19.1. The average Bonchev–Trinajstić information content (AvgIpc) is 3.42. The van der Waals surface area contributed by atoms with Crippen LogP contribution in [0.2, 0.25) is 0 Å². The normalized spacial score (nSPS) is 17.8. The first-order valence-corrected chi connectivity index (χ1v) is 11.9. The summed E-state index contributed by atoms with van der Waals surface area (Å²) < 4.78 is 17.1. The molecule has 2 aromatic heterocycles. The fourth-order valence-corrected chi connectivity index (χ4v) is 4.65. The van der Waals surface area contributed by atoms with Crippen molar-refractivity contribution in [1.29, 1.82) is 0 Å². The van der Waals surface area contributed by atoms with Crippen molar-refractivity contribution >= 4 is 28.2 Å². The standard InChI is InChI=1S/C26H28FN7O2/c1-15(2)33-22-10-8-20(25(17(22)12-29-33)32-13-16(3)19(28)14-32)30-26(36)21-9-11-24(35)34(31-21)23-7-5-4-6-18(23)27/h4-12,15-16,19H,13-14,28H2,1-3H3,(H,30,36)/t16-,19+/m1/s1. The molecule has 0 unspecified atom stereocenters. The summed E-state index contributed by atoms with van der Waals surface area (Å²) >= 11 is 0. The fourth-order valence-electron chi connectivity index (χ4n) is 4.65. The number of hydrogen-bond acceptors (Lipinski definition) is 6. The van der Waals surface area contributed by atoms with Crippen molar-refractivity contribution in [3.05, 3.63) is 76.6 Å². The van der Waals surface area contributed by atoms with Crippen LogP contribution in [0.25, 0.3) is 16.6 Å². The van der Waals surface area contributed by atoms with Crippen molar-refractivity contribution in [3.8, 4) is 5.69 Å². The molecular weight excluding hydrogens is 461 g/mol. The highest BCUT2D eigenvalue weighted by Gasteiger charge is 2.30. The molecule has 1 aliphatic heterocycles. The second kappa shape index (κ2) is 9.19. The van der Waals surface area contributed by atoms with E-state index in [1.807, 2.05) is 23.0 Å². The van der Waals surface area contributed by atoms with Crippen LogP contribution in [0.15, 0.2) is 59.5 Å². The summed E-state index contributed by atoms with van der Waals surface area (Å²) in [5.74, 6) is -0.845. The summed E-state index contributed by atoms with van der Waals surface area (Å²) in [6.07, 6.45) is 1.81. The molecule has 36 heavy (non-hydrogen) atoms. The van der Waals surface area contributed by atoms with Gasteiger partial charge in [0.25, 0.3) is 11.5 Å². The van der Waals surface area contributed by atoms with E-state index >= 15 is 0 Å².